The Labute approximate surface area is 241 Å². The third-order valence-electron chi connectivity index (χ3n) is 7.92. The molecule has 0 spiro atoms. The van der Waals surface area contributed by atoms with Gasteiger partial charge in [-0.15, -0.1) is 0 Å². The number of nitrogens with zero attached hydrogens (tertiary/aromatic N) is 6. The Bertz CT molecular complexity index is 1490. The van der Waals surface area contributed by atoms with Gasteiger partial charge in [0.2, 0.25) is 11.4 Å². The fraction of sp³-hybridized carbons (Fsp3) is 0.517. The quantitative estimate of drug-likeness (QED) is 0.358. The lowest BCUT2D eigenvalue weighted by molar-refractivity contribution is -0.0488. The Hall–Kier alpha value is -4.03. The predicted molar refractivity (Wildman–Crippen MR) is 153 cm³/mol. The summed E-state index contributed by atoms with van der Waals surface area (Å²) in [6, 6.07) is 2.73. The molecule has 226 valence electrons. The SMILES string of the molecule is CCOC(=O)c1c(N2CCC(C)CC2)n(CC)c2c(OC(F)F)c(N3CCN(c4ncccn4)CC3)c(F)cc2c1=O. The van der Waals surface area contributed by atoms with Gasteiger partial charge in [-0.05, 0) is 44.7 Å². The molecule has 2 aliphatic heterocycles. The van der Waals surface area contributed by atoms with Gasteiger partial charge in [-0.25, -0.2) is 19.2 Å². The van der Waals surface area contributed by atoms with Gasteiger partial charge in [0, 0.05) is 58.2 Å². The number of rotatable bonds is 8. The summed E-state index contributed by atoms with van der Waals surface area (Å²) in [6.07, 6.45) is 4.90. The molecule has 5 rings (SSSR count). The van der Waals surface area contributed by atoms with Crippen LogP contribution in [0, 0.1) is 11.7 Å². The number of pyridine rings is 1. The van der Waals surface area contributed by atoms with Crippen LogP contribution in [-0.2, 0) is 11.3 Å². The normalized spacial score (nSPS) is 16.4. The molecule has 13 heteroatoms. The monoisotopic (exact) mass is 588 g/mol. The second-order valence-corrected chi connectivity index (χ2v) is 10.5. The van der Waals surface area contributed by atoms with Crippen LogP contribution in [0.1, 0.15) is 44.0 Å². The van der Waals surface area contributed by atoms with Crippen molar-refractivity contribution < 1.29 is 27.4 Å². The van der Waals surface area contributed by atoms with Gasteiger partial charge in [0.15, 0.2) is 11.6 Å². The van der Waals surface area contributed by atoms with Gasteiger partial charge in [0.1, 0.15) is 17.1 Å². The van der Waals surface area contributed by atoms with Crippen molar-refractivity contribution in [1.82, 2.24) is 14.5 Å². The summed E-state index contributed by atoms with van der Waals surface area (Å²) in [5.74, 6) is -0.898. The molecule has 0 aliphatic carbocycles. The highest BCUT2D eigenvalue weighted by molar-refractivity contribution is 6.02. The molecule has 0 saturated carbocycles. The number of halogens is 3. The van der Waals surface area contributed by atoms with Crippen molar-refractivity contribution >= 4 is 34.3 Å². The second-order valence-electron chi connectivity index (χ2n) is 10.5. The Morgan fingerprint density at radius 3 is 2.26 bits per heavy atom. The summed E-state index contributed by atoms with van der Waals surface area (Å²) in [5, 5.41) is -0.220. The van der Waals surface area contributed by atoms with Crippen molar-refractivity contribution in [2.24, 2.45) is 5.92 Å². The maximum Gasteiger partial charge on any atom is 0.387 e. The third kappa shape index (κ3) is 5.56. The summed E-state index contributed by atoms with van der Waals surface area (Å²) in [5.41, 5.74) is -1.14. The molecule has 2 fully saturated rings. The summed E-state index contributed by atoms with van der Waals surface area (Å²) in [6.45, 7) is 4.98. The highest BCUT2D eigenvalue weighted by atomic mass is 19.3. The zero-order valence-electron chi connectivity index (χ0n) is 24.0. The molecule has 0 bridgehead atoms. The standard InChI is InChI=1S/C29H35F3N6O4/c1-4-38-22-19(24(39)21(27(40)41-5-2)26(38)36-11-7-18(3)8-12-36)17-20(30)23(25(22)42-28(31)32)35-13-15-37(16-14-35)29-33-9-6-10-34-29/h6,9-10,17-18,28H,4-5,7-8,11-16H2,1-3H3. The summed E-state index contributed by atoms with van der Waals surface area (Å²) in [4.78, 5) is 41.1. The minimum absolute atomic E-state index is 0.0229. The average molecular weight is 589 g/mol. The van der Waals surface area contributed by atoms with Crippen LogP contribution in [0.5, 0.6) is 5.75 Å². The van der Waals surface area contributed by atoms with E-state index in [0.29, 0.717) is 38.0 Å². The first-order valence-corrected chi connectivity index (χ1v) is 14.3. The van der Waals surface area contributed by atoms with Gasteiger partial charge >= 0.3 is 12.6 Å². The molecule has 1 aromatic carbocycles. The van der Waals surface area contributed by atoms with Crippen molar-refractivity contribution in [3.63, 3.8) is 0 Å². The van der Waals surface area contributed by atoms with Gasteiger partial charge < -0.3 is 28.7 Å². The molecule has 0 amide bonds. The van der Waals surface area contributed by atoms with Crippen molar-refractivity contribution in [2.75, 3.05) is 60.6 Å². The topological polar surface area (TPSA) is 93.0 Å². The molecule has 2 saturated heterocycles. The van der Waals surface area contributed by atoms with Crippen LogP contribution in [0.15, 0.2) is 29.3 Å². The number of carbonyl (C=O) groups excluding carboxylic acids is 1. The molecule has 2 aromatic heterocycles. The van der Waals surface area contributed by atoms with Crippen LogP contribution >= 0.6 is 0 Å². The first-order valence-electron chi connectivity index (χ1n) is 14.3. The number of anilines is 3. The van der Waals surface area contributed by atoms with E-state index in [1.165, 1.54) is 0 Å². The lowest BCUT2D eigenvalue weighted by atomic mass is 9.98. The van der Waals surface area contributed by atoms with E-state index in [0.717, 1.165) is 18.9 Å². The number of piperazine rings is 1. The molecule has 2 aliphatic rings. The average Bonchev–Trinajstić information content (AvgIpc) is 2.98. The minimum Gasteiger partial charge on any atom is -0.462 e. The lowest BCUT2D eigenvalue weighted by Gasteiger charge is -2.38. The maximum absolute atomic E-state index is 16.0. The van der Waals surface area contributed by atoms with Crippen LogP contribution < -0.4 is 24.9 Å². The van der Waals surface area contributed by atoms with Gasteiger partial charge in [0.25, 0.3) is 0 Å². The number of carbonyl (C=O) groups is 1. The smallest absolute Gasteiger partial charge is 0.387 e. The van der Waals surface area contributed by atoms with Gasteiger partial charge in [-0.1, -0.05) is 6.92 Å². The Balaban J connectivity index is 1.70. The highest BCUT2D eigenvalue weighted by Crippen LogP contribution is 2.42. The summed E-state index contributed by atoms with van der Waals surface area (Å²) < 4.78 is 55.9. The first-order chi connectivity index (χ1) is 20.2. The molecule has 10 nitrogen and oxygen atoms in total. The van der Waals surface area contributed by atoms with Gasteiger partial charge in [-0.3, -0.25) is 4.79 Å². The lowest BCUT2D eigenvalue weighted by Crippen LogP contribution is -2.47. The van der Waals surface area contributed by atoms with Crippen LogP contribution in [0.4, 0.5) is 30.6 Å². The number of hydrogen-bond acceptors (Lipinski definition) is 9. The number of fused-ring (bicyclic) bond motifs is 1. The molecular formula is C29H35F3N6O4. The summed E-state index contributed by atoms with van der Waals surface area (Å²) >= 11 is 0. The Morgan fingerprint density at radius 1 is 1.02 bits per heavy atom. The second kappa shape index (κ2) is 12.5. The zero-order valence-corrected chi connectivity index (χ0v) is 24.0. The van der Waals surface area contributed by atoms with Gasteiger partial charge in [0.05, 0.1) is 17.5 Å². The number of aromatic nitrogens is 3. The van der Waals surface area contributed by atoms with E-state index in [2.05, 4.69) is 16.9 Å². The van der Waals surface area contributed by atoms with Crippen molar-refractivity contribution in [1.29, 1.82) is 0 Å². The van der Waals surface area contributed by atoms with E-state index in [-0.39, 0.29) is 54.2 Å². The molecule has 0 unspecified atom stereocenters. The van der Waals surface area contributed by atoms with Crippen LogP contribution in [0.25, 0.3) is 10.9 Å². The molecule has 0 N–H and O–H groups in total. The molecule has 0 atom stereocenters. The Kier molecular flexibility index (Phi) is 8.74. The van der Waals surface area contributed by atoms with Crippen LogP contribution in [0.2, 0.25) is 0 Å². The molecule has 4 heterocycles. The van der Waals surface area contributed by atoms with E-state index in [1.54, 1.807) is 41.8 Å². The predicted octanol–water partition coefficient (Wildman–Crippen LogP) is 4.29. The van der Waals surface area contributed by atoms with E-state index < -0.39 is 29.6 Å². The van der Waals surface area contributed by atoms with Crippen molar-refractivity contribution in [2.45, 2.75) is 46.8 Å². The van der Waals surface area contributed by atoms with E-state index in [9.17, 15) is 18.4 Å². The number of hydrogen-bond donors (Lipinski definition) is 0. The van der Waals surface area contributed by atoms with Crippen LogP contribution in [0.3, 0.4) is 0 Å². The fourth-order valence-corrected chi connectivity index (χ4v) is 5.85. The highest BCUT2D eigenvalue weighted by Gasteiger charge is 2.34. The molecule has 42 heavy (non-hydrogen) atoms. The van der Waals surface area contributed by atoms with E-state index in [4.69, 9.17) is 9.47 Å². The number of alkyl halides is 2. The van der Waals surface area contributed by atoms with Crippen LogP contribution in [-0.4, -0.2) is 73.0 Å². The summed E-state index contributed by atoms with van der Waals surface area (Å²) in [7, 11) is 0. The molecule has 3 aromatic rings. The van der Waals surface area contributed by atoms with Gasteiger partial charge in [-0.2, -0.15) is 8.78 Å². The largest absolute Gasteiger partial charge is 0.462 e. The number of benzene rings is 1. The minimum atomic E-state index is -3.28. The fourth-order valence-electron chi connectivity index (χ4n) is 5.85. The molecular weight excluding hydrogens is 553 g/mol. The van der Waals surface area contributed by atoms with E-state index >= 15 is 4.39 Å². The number of ether oxygens (including phenoxy) is 2. The first kappa shape index (κ1) is 29.5. The zero-order chi connectivity index (χ0) is 30.0. The third-order valence-corrected chi connectivity index (χ3v) is 7.92. The Morgan fingerprint density at radius 2 is 1.67 bits per heavy atom. The number of esters is 1. The van der Waals surface area contributed by atoms with E-state index in [1.807, 2.05) is 9.80 Å². The van der Waals surface area contributed by atoms with Crippen molar-refractivity contribution in [3.8, 4) is 5.75 Å². The maximum atomic E-state index is 16.0. The van der Waals surface area contributed by atoms with Crippen molar-refractivity contribution in [3.05, 3.63) is 46.1 Å². The number of piperidine rings is 1. The molecule has 0 radical (unpaired) electrons. The number of aryl methyl sites for hydroxylation is 1.